The van der Waals surface area contributed by atoms with Crippen molar-refractivity contribution in [2.45, 2.75) is 51.5 Å². The van der Waals surface area contributed by atoms with E-state index in [1.54, 1.807) is 0 Å². The molecule has 25 heavy (non-hydrogen) atoms. The molecule has 0 spiro atoms. The van der Waals surface area contributed by atoms with Gasteiger partial charge in [0.25, 0.3) is 11.6 Å². The molecule has 3 heterocycles. The van der Waals surface area contributed by atoms with Gasteiger partial charge in [0, 0.05) is 37.7 Å². The van der Waals surface area contributed by atoms with Crippen LogP contribution in [-0.2, 0) is 4.79 Å². The molecule has 1 aliphatic heterocycles. The number of likely N-dealkylation sites (tertiary alicyclic amines) is 1. The van der Waals surface area contributed by atoms with Crippen molar-refractivity contribution >= 4 is 22.9 Å². The number of carbonyl (C=O) groups is 2. The number of nitrogens with one attached hydrogen (secondary N) is 1. The largest absolute Gasteiger partial charge is 0.352 e. The van der Waals surface area contributed by atoms with Crippen LogP contribution in [0.2, 0.25) is 0 Å². The topological polar surface area (TPSA) is 88.3 Å². The Morgan fingerprint density at radius 3 is 2.84 bits per heavy atom. The molecule has 2 fully saturated rings. The number of nitrogens with zero attached hydrogens (tertiary/aromatic N) is 3. The normalized spacial score (nSPS) is 20.7. The molecule has 1 N–H and O–H groups in total. The average Bonchev–Trinajstić information content (AvgIpc) is 3.37. The Labute approximate surface area is 145 Å². The molecule has 0 radical (unpaired) electrons. The lowest BCUT2D eigenvalue weighted by atomic mass is 10.0. The maximum Gasteiger partial charge on any atom is 0.259 e. The molecule has 0 aromatic carbocycles. The smallest absolute Gasteiger partial charge is 0.259 e. The second-order valence-electron chi connectivity index (χ2n) is 7.11. The van der Waals surface area contributed by atoms with Crippen LogP contribution in [0.1, 0.15) is 60.3 Å². The number of aryl methyl sites for hydroxylation is 1. The van der Waals surface area contributed by atoms with Gasteiger partial charge in [0.2, 0.25) is 5.91 Å². The van der Waals surface area contributed by atoms with Crippen molar-refractivity contribution in [2.24, 2.45) is 0 Å². The number of fused-ring (bicyclic) bond motifs is 1. The summed E-state index contributed by atoms with van der Waals surface area (Å²) in [5.41, 5.74) is 2.67. The van der Waals surface area contributed by atoms with Crippen LogP contribution in [0.3, 0.4) is 0 Å². The molecular formula is C18H22N4O3. The van der Waals surface area contributed by atoms with Crippen LogP contribution in [-0.4, -0.2) is 46.0 Å². The number of piperidine rings is 1. The zero-order valence-corrected chi connectivity index (χ0v) is 14.5. The molecule has 2 aromatic heterocycles. The molecule has 7 heteroatoms. The lowest BCUT2D eigenvalue weighted by Crippen LogP contribution is -2.49. The second kappa shape index (κ2) is 6.13. The summed E-state index contributed by atoms with van der Waals surface area (Å²) in [6.07, 6.45) is 3.99. The van der Waals surface area contributed by atoms with Crippen molar-refractivity contribution in [3.05, 3.63) is 23.0 Å². The Morgan fingerprint density at radius 1 is 1.32 bits per heavy atom. The van der Waals surface area contributed by atoms with Crippen molar-refractivity contribution in [2.75, 3.05) is 13.1 Å². The summed E-state index contributed by atoms with van der Waals surface area (Å²) in [5.74, 6) is 0.335. The van der Waals surface area contributed by atoms with Gasteiger partial charge in [-0.2, -0.15) is 0 Å². The summed E-state index contributed by atoms with van der Waals surface area (Å²) >= 11 is 0. The van der Waals surface area contributed by atoms with Gasteiger partial charge in [0.05, 0.1) is 16.6 Å². The minimum atomic E-state index is -0.0588. The first-order valence-corrected chi connectivity index (χ1v) is 8.86. The molecule has 1 unspecified atom stereocenters. The summed E-state index contributed by atoms with van der Waals surface area (Å²) < 4.78 is 5.33. The third-order valence-electron chi connectivity index (χ3n) is 4.98. The monoisotopic (exact) mass is 342 g/mol. The fourth-order valence-electron chi connectivity index (χ4n) is 3.61. The minimum Gasteiger partial charge on any atom is -0.352 e. The van der Waals surface area contributed by atoms with E-state index in [1.165, 1.54) is 6.92 Å². The van der Waals surface area contributed by atoms with Crippen LogP contribution in [0, 0.1) is 6.92 Å². The van der Waals surface area contributed by atoms with E-state index in [4.69, 9.17) is 4.52 Å². The first-order chi connectivity index (χ1) is 12.0. The predicted octanol–water partition coefficient (Wildman–Crippen LogP) is 2.15. The van der Waals surface area contributed by atoms with Crippen LogP contribution >= 0.6 is 0 Å². The van der Waals surface area contributed by atoms with E-state index in [1.807, 2.05) is 17.9 Å². The SMILES string of the molecule is CC(=O)NC1CCCN(C(=O)c2cc(C3CC3)nc3onc(C)c23)C1. The summed E-state index contributed by atoms with van der Waals surface area (Å²) in [6.45, 7) is 4.57. The maximum absolute atomic E-state index is 13.2. The summed E-state index contributed by atoms with van der Waals surface area (Å²) in [7, 11) is 0. The Balaban J connectivity index is 1.67. The van der Waals surface area contributed by atoms with E-state index in [2.05, 4.69) is 15.5 Å². The molecule has 132 valence electrons. The van der Waals surface area contributed by atoms with Crippen LogP contribution in [0.4, 0.5) is 0 Å². The summed E-state index contributed by atoms with van der Waals surface area (Å²) in [6, 6.07) is 1.92. The molecule has 2 aliphatic rings. The molecule has 1 saturated carbocycles. The van der Waals surface area contributed by atoms with Crippen molar-refractivity contribution in [1.82, 2.24) is 20.4 Å². The quantitative estimate of drug-likeness (QED) is 0.923. The van der Waals surface area contributed by atoms with Gasteiger partial charge in [-0.1, -0.05) is 5.16 Å². The Kier molecular flexibility index (Phi) is 3.94. The molecular weight excluding hydrogens is 320 g/mol. The third-order valence-corrected chi connectivity index (χ3v) is 4.98. The number of hydrogen-bond acceptors (Lipinski definition) is 5. The highest BCUT2D eigenvalue weighted by atomic mass is 16.5. The highest BCUT2D eigenvalue weighted by molar-refractivity contribution is 6.06. The number of rotatable bonds is 3. The van der Waals surface area contributed by atoms with Crippen LogP contribution in [0.15, 0.2) is 10.6 Å². The number of carbonyl (C=O) groups excluding carboxylic acids is 2. The van der Waals surface area contributed by atoms with Crippen molar-refractivity contribution < 1.29 is 14.1 Å². The molecule has 4 rings (SSSR count). The van der Waals surface area contributed by atoms with Crippen molar-refractivity contribution in [3.63, 3.8) is 0 Å². The first kappa shape index (κ1) is 16.1. The van der Waals surface area contributed by atoms with Crippen LogP contribution in [0.25, 0.3) is 11.1 Å². The fourth-order valence-corrected chi connectivity index (χ4v) is 3.61. The summed E-state index contributed by atoms with van der Waals surface area (Å²) in [5, 5.41) is 7.62. The van der Waals surface area contributed by atoms with Gasteiger partial charge in [-0.3, -0.25) is 9.59 Å². The number of pyridine rings is 1. The lowest BCUT2D eigenvalue weighted by molar-refractivity contribution is -0.120. The zero-order valence-electron chi connectivity index (χ0n) is 14.5. The first-order valence-electron chi connectivity index (χ1n) is 8.86. The van der Waals surface area contributed by atoms with Gasteiger partial charge in [-0.15, -0.1) is 0 Å². The molecule has 7 nitrogen and oxygen atoms in total. The predicted molar refractivity (Wildman–Crippen MR) is 91.3 cm³/mol. The highest BCUT2D eigenvalue weighted by Gasteiger charge is 2.31. The third kappa shape index (κ3) is 3.10. The molecule has 1 aliphatic carbocycles. The standard InChI is InChI=1S/C18H22N4O3/c1-10-16-14(8-15(12-5-6-12)20-17(16)25-21-10)18(24)22-7-3-4-13(9-22)19-11(2)23/h8,12-13H,3-7,9H2,1-2H3,(H,19,23). The van der Waals surface area contributed by atoms with Gasteiger partial charge in [-0.25, -0.2) is 4.98 Å². The second-order valence-corrected chi connectivity index (χ2v) is 7.11. The van der Waals surface area contributed by atoms with Gasteiger partial charge in [0.1, 0.15) is 0 Å². The van der Waals surface area contributed by atoms with Crippen LogP contribution < -0.4 is 5.32 Å². The van der Waals surface area contributed by atoms with E-state index in [0.717, 1.165) is 31.4 Å². The Bertz CT molecular complexity index is 840. The van der Waals surface area contributed by atoms with E-state index < -0.39 is 0 Å². The number of hydrogen-bond donors (Lipinski definition) is 1. The maximum atomic E-state index is 13.2. The van der Waals surface area contributed by atoms with Gasteiger partial charge in [-0.05, 0) is 38.7 Å². The van der Waals surface area contributed by atoms with Crippen LogP contribution in [0.5, 0.6) is 0 Å². The van der Waals surface area contributed by atoms with E-state index in [9.17, 15) is 9.59 Å². The molecule has 1 saturated heterocycles. The van der Waals surface area contributed by atoms with Gasteiger partial charge >= 0.3 is 0 Å². The minimum absolute atomic E-state index is 0.0130. The Morgan fingerprint density at radius 2 is 2.12 bits per heavy atom. The number of aromatic nitrogens is 2. The molecule has 0 bridgehead atoms. The summed E-state index contributed by atoms with van der Waals surface area (Å²) in [4.78, 5) is 30.9. The fraction of sp³-hybridized carbons (Fsp3) is 0.556. The number of amides is 2. The van der Waals surface area contributed by atoms with E-state index in [0.29, 0.717) is 41.4 Å². The van der Waals surface area contributed by atoms with Gasteiger partial charge < -0.3 is 14.7 Å². The average molecular weight is 342 g/mol. The van der Waals surface area contributed by atoms with Gasteiger partial charge in [0.15, 0.2) is 0 Å². The lowest BCUT2D eigenvalue weighted by Gasteiger charge is -2.33. The van der Waals surface area contributed by atoms with Crippen molar-refractivity contribution in [3.8, 4) is 0 Å². The van der Waals surface area contributed by atoms with Crippen molar-refractivity contribution in [1.29, 1.82) is 0 Å². The highest BCUT2D eigenvalue weighted by Crippen LogP contribution is 2.40. The molecule has 2 amide bonds. The Hall–Kier alpha value is -2.44. The van der Waals surface area contributed by atoms with E-state index >= 15 is 0 Å². The zero-order chi connectivity index (χ0) is 17.6. The molecule has 2 aromatic rings. The van der Waals surface area contributed by atoms with E-state index in [-0.39, 0.29) is 17.9 Å². The molecule has 1 atom stereocenters.